The molecule has 0 radical (unpaired) electrons. The van der Waals surface area contributed by atoms with E-state index in [1.165, 1.54) is 17.7 Å². The Bertz CT molecular complexity index is 5050. The zero-order chi connectivity index (χ0) is 88.4. The molecular weight excluding hydrogens is 2850 g/mol. The zero-order valence-corrected chi connectivity index (χ0v) is 91.7. The monoisotopic (exact) mass is 2950 g/mol. The van der Waals surface area contributed by atoms with E-state index >= 15 is 0 Å². The molecule has 0 unspecified atom stereocenters. The molecule has 678 valence electrons. The first-order chi connectivity index (χ1) is 59.1. The van der Waals surface area contributed by atoms with Crippen LogP contribution in [0.1, 0.15) is 129 Å². The number of carbonyl (C=O) groups excluding carboxylic acids is 8. The molecule has 5 aliphatic heterocycles. The molecule has 0 bridgehead atoms. The Hall–Kier alpha value is -1.71. The van der Waals surface area contributed by atoms with Crippen molar-refractivity contribution in [3.8, 4) is 22.8 Å². The molecule has 7 aliphatic rings. The van der Waals surface area contributed by atoms with E-state index in [1.54, 1.807) is 62.0 Å². The number of cyclic esters (lactones) is 2. The number of pyridine rings is 4. The number of anilines is 2. The minimum atomic E-state index is -1.93. The van der Waals surface area contributed by atoms with E-state index in [9.17, 15) is 58.2 Å². The van der Waals surface area contributed by atoms with Gasteiger partial charge in [0, 0.05) is 82.5 Å². The number of aryl methyl sites for hydroxylation is 4. The molecule has 32 nitrogen and oxygen atoms in total. The van der Waals surface area contributed by atoms with E-state index in [0.717, 1.165) is 92.5 Å². The molecule has 2 aliphatic carbocycles. The van der Waals surface area contributed by atoms with Gasteiger partial charge in [-0.25, -0.2) is 19.6 Å². The number of benzene rings is 2. The third-order valence-electron chi connectivity index (χ3n) is 21.6. The van der Waals surface area contributed by atoms with Crippen LogP contribution in [0.5, 0.6) is 0 Å². The molecule has 0 saturated carbocycles. The summed E-state index contributed by atoms with van der Waals surface area (Å²) in [6.45, 7) is 14.9. The van der Waals surface area contributed by atoms with Crippen LogP contribution in [0.25, 0.3) is 44.6 Å². The number of hydrogen-bond acceptors (Lipinski definition) is 25. The molecule has 4 atom stereocenters. The van der Waals surface area contributed by atoms with Gasteiger partial charge in [-0.2, -0.15) is 0 Å². The normalized spacial score (nSPS) is 17.8. The number of aromatic nitrogens is 4. The Labute approximate surface area is 793 Å². The van der Waals surface area contributed by atoms with Crippen LogP contribution in [0, 0.1) is 5.92 Å². The predicted octanol–water partition coefficient (Wildman–Crippen LogP) is 9.12. The zero-order valence-electron chi connectivity index (χ0n) is 68.0. The number of nitrogens with one attached hydrogen (secondary N) is 4. The van der Waals surface area contributed by atoms with Crippen molar-refractivity contribution < 1.29 is 109 Å². The van der Waals surface area contributed by atoms with Gasteiger partial charge in [0.1, 0.15) is 25.3 Å². The fourth-order valence-electron chi connectivity index (χ4n) is 15.3. The molecule has 13 rings (SSSR count). The average Bonchev–Trinajstić information content (AvgIpc) is 1.58. The van der Waals surface area contributed by atoms with Crippen LogP contribution in [0.4, 0.5) is 11.4 Å². The number of nitrogens with two attached hydrogens (primary N) is 1. The number of halogens is 11. The standard InChI is InChI=1S/C57H77N7O18.C23H21N3O4.I11/c1-5-57(73)42-33-45-52-40(34-64(45)55(71)41(42)35-82-56(57)72)38-7-6-8-39-43(9-10-44(60-52)50(38)39)61-53(69)37(4)59-54(70)51(36(2)3)62-47(66)14-17-74-19-21-76-23-25-78-27-29-80-31-32-81-30-28-79-26-24-77-22-20-75-18-15-58-46(65)13-16-63-48(67)11-12-49(63)68;1-2-23(29)15-8-18-20-13(9-26(18)21(27)14(15)10-30-22(23)28)11-4-3-5-12-16(24)6-7-17(25-20)19(11)12;1-7-9(4)11(6)10(5)8(2)3/h9-12,33,36-37,51,73H,5-8,13-32,34-35H2,1-4H3,(H,58,65)(H,59,70)(H,61,69)(H,62,66);6-8,29H,2-5,9-10,24H2,1H3;/q;;-1/t37-,51-,57-;23-;/m00./s1. The summed E-state index contributed by atoms with van der Waals surface area (Å²) in [6.07, 6.45) is 7.63. The number of esters is 2. The maximum absolute atomic E-state index is 13.8. The van der Waals surface area contributed by atoms with Gasteiger partial charge in [0.25, 0.3) is 22.9 Å². The average molecular weight is 2950 g/mol. The quantitative estimate of drug-likeness (QED) is 0.00616. The second kappa shape index (κ2) is 48.8. The molecule has 0 spiro atoms. The molecule has 9 heterocycles. The number of amides is 6. The maximum atomic E-state index is 13.8. The van der Waals surface area contributed by atoms with Gasteiger partial charge in [-0.05, 0) is 123 Å². The molecule has 6 amide bonds. The molecular formula is C80H98I11N10O22-. The number of nitrogens with zero attached hydrogens (tertiary/aromatic N) is 5. The number of nitrogen functional groups attached to an aromatic ring is 1. The van der Waals surface area contributed by atoms with Crippen LogP contribution in [-0.4, -0.2) is 212 Å². The number of hydrogen-bond donors (Lipinski definition) is 7. The van der Waals surface area contributed by atoms with E-state index in [0.29, 0.717) is 165 Å². The Kier molecular flexibility index (Phi) is 40.4. The van der Waals surface area contributed by atoms with Gasteiger partial charge in [-0.15, -0.1) is 0 Å². The van der Waals surface area contributed by atoms with E-state index < -0.39 is 58.9 Å². The number of aliphatic hydroxyl groups is 2. The Balaban J connectivity index is 0.000000289. The van der Waals surface area contributed by atoms with Crippen molar-refractivity contribution >= 4 is 224 Å². The molecule has 123 heavy (non-hydrogen) atoms. The van der Waals surface area contributed by atoms with Crippen molar-refractivity contribution in [3.05, 3.63) is 125 Å². The fourth-order valence-corrected chi connectivity index (χ4v) is 1060. The van der Waals surface area contributed by atoms with Gasteiger partial charge < -0.3 is 93.7 Å². The first-order valence-corrected chi connectivity index (χ1v) is 103. The van der Waals surface area contributed by atoms with Crippen molar-refractivity contribution in [1.29, 1.82) is 0 Å². The summed E-state index contributed by atoms with van der Waals surface area (Å²) in [5.74, 6) is -4.19. The summed E-state index contributed by atoms with van der Waals surface area (Å²) in [7, 11) is -1.16. The Morgan fingerprint density at radius 1 is 0.553 bits per heavy atom. The number of fused-ring (bicyclic) bond motifs is 10. The van der Waals surface area contributed by atoms with Crippen LogP contribution in [-0.2, 0) is 149 Å². The van der Waals surface area contributed by atoms with Crippen molar-refractivity contribution in [3.63, 3.8) is 0 Å². The molecule has 0 saturated heterocycles. The van der Waals surface area contributed by atoms with E-state index in [1.807, 2.05) is 18.2 Å². The Morgan fingerprint density at radius 3 is 1.45 bits per heavy atom. The molecule has 8 N–H and O–H groups in total. The van der Waals surface area contributed by atoms with Gasteiger partial charge in [0.15, 0.2) is 11.2 Å². The SMILES string of the molecule is CC[C@@]1(O)C(=O)OCc2c1cc1n(c2=O)Cc2c-1nc1ccc(N)c3c1c2CCC3.CC[C@@]1(O)C(=O)OCc2c1cc1n(c2=O)Cc2c-1nc1ccc(NC(=O)[C@H](C)NC(=O)[C@@H](NC(=O)CCOCCOCCOCCOCCOCCOCCOCCOCCNC(=O)CCN3C(=O)C=CC3=O)C(C)C)c3c1c2CCC3.I[I-]I(I)I(I)I(I)I(I)I. The summed E-state index contributed by atoms with van der Waals surface area (Å²) < 4.78 is 57.7. The van der Waals surface area contributed by atoms with E-state index in [-0.39, 0.29) is 137 Å². The van der Waals surface area contributed by atoms with Gasteiger partial charge in [-0.1, -0.05) is 27.7 Å². The van der Waals surface area contributed by atoms with E-state index in [2.05, 4.69) is 133 Å². The van der Waals surface area contributed by atoms with Crippen LogP contribution in [0.2, 0.25) is 0 Å². The summed E-state index contributed by atoms with van der Waals surface area (Å²) in [5, 5.41) is 35.5. The number of imide groups is 1. The fraction of sp³-hybridized carbons (Fsp3) is 0.525. The van der Waals surface area contributed by atoms with Crippen LogP contribution in [0.3, 0.4) is 0 Å². The number of rotatable bonds is 42. The third-order valence-corrected chi connectivity index (χ3v) is 600. The predicted molar refractivity (Wildman–Crippen MR) is 545 cm³/mol. The molecule has 2 aromatic carbocycles. The summed E-state index contributed by atoms with van der Waals surface area (Å²) in [6, 6.07) is 9.05. The summed E-state index contributed by atoms with van der Waals surface area (Å²) >= 11 is 17.8. The van der Waals surface area contributed by atoms with Gasteiger partial charge in [0.2, 0.25) is 23.6 Å². The van der Waals surface area contributed by atoms with Crippen molar-refractivity contribution in [2.45, 2.75) is 148 Å². The number of ether oxygens (including phenoxy) is 10. The first kappa shape index (κ1) is 102. The van der Waals surface area contributed by atoms with Gasteiger partial charge in [-0.3, -0.25) is 43.3 Å². The summed E-state index contributed by atoms with van der Waals surface area (Å²) in [4.78, 5) is 138. The van der Waals surface area contributed by atoms with Crippen molar-refractivity contribution in [2.24, 2.45) is 5.92 Å². The minimum absolute atomic E-state index is 0.0160. The molecule has 0 fully saturated rings. The van der Waals surface area contributed by atoms with Crippen LogP contribution < -0.4 is 51.4 Å². The number of carbonyl (C=O) groups is 8. The van der Waals surface area contributed by atoms with Crippen LogP contribution >= 0.6 is 143 Å². The van der Waals surface area contributed by atoms with Gasteiger partial charge >= 0.3 is 168 Å². The van der Waals surface area contributed by atoms with Gasteiger partial charge in [0.05, 0.1) is 164 Å². The third kappa shape index (κ3) is 25.2. The summed E-state index contributed by atoms with van der Waals surface area (Å²) in [5.41, 5.74) is 14.9. The van der Waals surface area contributed by atoms with E-state index in [4.69, 9.17) is 63.1 Å². The van der Waals surface area contributed by atoms with Crippen LogP contribution in [0.15, 0.2) is 58.1 Å². The second-order valence-corrected chi connectivity index (χ2v) is 241. The Morgan fingerprint density at radius 2 is 0.992 bits per heavy atom. The van der Waals surface area contributed by atoms with Crippen molar-refractivity contribution in [1.82, 2.24) is 40.0 Å². The second-order valence-electron chi connectivity index (χ2n) is 29.4. The molecule has 43 heteroatoms. The molecule has 4 aromatic heterocycles. The first-order valence-electron chi connectivity index (χ1n) is 39.9. The molecule has 6 aromatic rings. The van der Waals surface area contributed by atoms with Crippen molar-refractivity contribution in [2.75, 3.05) is 130 Å². The topological polar surface area (TPSA) is 416 Å².